The van der Waals surface area contributed by atoms with E-state index in [0.29, 0.717) is 17.5 Å². The van der Waals surface area contributed by atoms with Gasteiger partial charge >= 0.3 is 6.18 Å². The van der Waals surface area contributed by atoms with Crippen molar-refractivity contribution in [3.63, 3.8) is 0 Å². The van der Waals surface area contributed by atoms with E-state index in [1.165, 1.54) is 23.8 Å². The molecule has 0 saturated heterocycles. The highest BCUT2D eigenvalue weighted by Gasteiger charge is 2.33. The van der Waals surface area contributed by atoms with Crippen LogP contribution in [0, 0.1) is 0 Å². The lowest BCUT2D eigenvalue weighted by atomic mass is 9.87. The lowest BCUT2D eigenvalue weighted by Gasteiger charge is -2.19. The molecule has 5 nitrogen and oxygen atoms in total. The van der Waals surface area contributed by atoms with Gasteiger partial charge in [0.05, 0.1) is 17.0 Å². The third kappa shape index (κ3) is 6.04. The van der Waals surface area contributed by atoms with Crippen LogP contribution in [0.5, 0.6) is 0 Å². The molecule has 3 aromatic rings. The molecule has 1 aromatic heterocycles. The van der Waals surface area contributed by atoms with E-state index < -0.39 is 17.6 Å². The molecule has 1 heterocycles. The van der Waals surface area contributed by atoms with Crippen molar-refractivity contribution in [2.24, 2.45) is 0 Å². The van der Waals surface area contributed by atoms with E-state index in [-0.39, 0.29) is 16.9 Å². The van der Waals surface area contributed by atoms with Gasteiger partial charge in [0.25, 0.3) is 0 Å². The Balaban J connectivity index is 1.75. The van der Waals surface area contributed by atoms with Crippen LogP contribution in [0.3, 0.4) is 0 Å². The minimum atomic E-state index is -4.56. The molecular weight excluding hydrogens is 449 g/mol. The summed E-state index contributed by atoms with van der Waals surface area (Å²) < 4.78 is 41.3. The Morgan fingerprint density at radius 2 is 1.76 bits per heavy atom. The maximum Gasteiger partial charge on any atom is 0.418 e. The number of rotatable bonds is 7. The molecule has 1 N–H and O–H groups in total. The number of halogens is 3. The van der Waals surface area contributed by atoms with Gasteiger partial charge in [-0.05, 0) is 23.1 Å². The average molecular weight is 475 g/mol. The second kappa shape index (κ2) is 9.82. The predicted molar refractivity (Wildman–Crippen MR) is 125 cm³/mol. The molecule has 0 fully saturated rings. The van der Waals surface area contributed by atoms with Crippen molar-refractivity contribution in [2.75, 3.05) is 11.1 Å². The zero-order chi connectivity index (χ0) is 24.2. The Hall–Kier alpha value is -3.07. The fourth-order valence-electron chi connectivity index (χ4n) is 3.18. The standard InChI is InChI=1S/C24H25F3N4OS/c1-5-14-31-21(16-10-12-17(13-11-16)23(2,3)4)29-30-22(31)33-15-20(32)28-19-9-7-6-8-18(19)24(25,26)27/h5-13H,1,14-15H2,2-4H3,(H,28,32). The second-order valence-corrected chi connectivity index (χ2v) is 9.36. The number of anilines is 1. The summed E-state index contributed by atoms with van der Waals surface area (Å²) in [7, 11) is 0. The van der Waals surface area contributed by atoms with E-state index in [4.69, 9.17) is 0 Å². The minimum Gasteiger partial charge on any atom is -0.325 e. The van der Waals surface area contributed by atoms with Gasteiger partial charge in [-0.1, -0.05) is 75.0 Å². The van der Waals surface area contributed by atoms with E-state index in [1.807, 2.05) is 28.8 Å². The van der Waals surface area contributed by atoms with Crippen molar-refractivity contribution >= 4 is 23.4 Å². The third-order valence-electron chi connectivity index (χ3n) is 4.88. The van der Waals surface area contributed by atoms with Crippen LogP contribution in [0.15, 0.2) is 66.3 Å². The molecule has 0 aliphatic rings. The number of alkyl halides is 3. The normalized spacial score (nSPS) is 11.9. The van der Waals surface area contributed by atoms with Crippen LogP contribution in [-0.4, -0.2) is 26.4 Å². The fourth-order valence-corrected chi connectivity index (χ4v) is 3.93. The maximum atomic E-state index is 13.2. The number of benzene rings is 2. The number of amides is 1. The van der Waals surface area contributed by atoms with Gasteiger partial charge in [0.2, 0.25) is 5.91 Å². The van der Waals surface area contributed by atoms with Crippen LogP contribution in [0.4, 0.5) is 18.9 Å². The zero-order valence-corrected chi connectivity index (χ0v) is 19.4. The monoisotopic (exact) mass is 474 g/mol. The Bertz CT molecular complexity index is 1130. The van der Waals surface area contributed by atoms with Gasteiger partial charge in [-0.2, -0.15) is 13.2 Å². The van der Waals surface area contributed by atoms with Crippen molar-refractivity contribution < 1.29 is 18.0 Å². The molecule has 0 unspecified atom stereocenters. The van der Waals surface area contributed by atoms with Crippen molar-refractivity contribution in [1.82, 2.24) is 14.8 Å². The van der Waals surface area contributed by atoms with Crippen molar-refractivity contribution in [3.8, 4) is 11.4 Å². The number of carbonyl (C=O) groups is 1. The number of thioether (sulfide) groups is 1. The summed E-state index contributed by atoms with van der Waals surface area (Å²) in [6.45, 7) is 10.6. The lowest BCUT2D eigenvalue weighted by Crippen LogP contribution is -2.18. The smallest absolute Gasteiger partial charge is 0.325 e. The second-order valence-electron chi connectivity index (χ2n) is 8.41. The average Bonchev–Trinajstić information content (AvgIpc) is 3.14. The Morgan fingerprint density at radius 1 is 1.09 bits per heavy atom. The summed E-state index contributed by atoms with van der Waals surface area (Å²) in [5.74, 6) is -0.0636. The summed E-state index contributed by atoms with van der Waals surface area (Å²) in [6.07, 6.45) is -2.86. The molecule has 0 bridgehead atoms. The van der Waals surface area contributed by atoms with E-state index in [0.717, 1.165) is 23.4 Å². The van der Waals surface area contributed by atoms with Crippen LogP contribution >= 0.6 is 11.8 Å². The number of carbonyl (C=O) groups excluding carboxylic acids is 1. The highest BCUT2D eigenvalue weighted by molar-refractivity contribution is 7.99. The Labute approximate surface area is 195 Å². The first-order valence-electron chi connectivity index (χ1n) is 10.2. The zero-order valence-electron chi connectivity index (χ0n) is 18.6. The summed E-state index contributed by atoms with van der Waals surface area (Å²) >= 11 is 1.10. The number of hydrogen-bond acceptors (Lipinski definition) is 4. The summed E-state index contributed by atoms with van der Waals surface area (Å²) in [5, 5.41) is 11.3. The van der Waals surface area contributed by atoms with Crippen molar-refractivity contribution in [1.29, 1.82) is 0 Å². The fraction of sp³-hybridized carbons (Fsp3) is 0.292. The third-order valence-corrected chi connectivity index (χ3v) is 5.84. The SMILES string of the molecule is C=CCn1c(SCC(=O)Nc2ccccc2C(F)(F)F)nnc1-c1ccc(C(C)(C)C)cc1. The largest absolute Gasteiger partial charge is 0.418 e. The number of para-hydroxylation sites is 1. The molecule has 0 aliphatic heterocycles. The van der Waals surface area contributed by atoms with E-state index in [9.17, 15) is 18.0 Å². The molecule has 0 atom stereocenters. The van der Waals surface area contributed by atoms with Crippen molar-refractivity contribution in [3.05, 3.63) is 72.3 Å². The summed E-state index contributed by atoms with van der Waals surface area (Å²) in [5.41, 5.74) is 0.910. The van der Waals surface area contributed by atoms with E-state index in [1.54, 1.807) is 6.08 Å². The van der Waals surface area contributed by atoms with Gasteiger partial charge in [-0.15, -0.1) is 16.8 Å². The molecule has 0 saturated carbocycles. The first-order chi connectivity index (χ1) is 15.5. The van der Waals surface area contributed by atoms with Gasteiger partial charge in [-0.25, -0.2) is 0 Å². The minimum absolute atomic E-state index is 0.0203. The summed E-state index contributed by atoms with van der Waals surface area (Å²) in [6, 6.07) is 12.9. The van der Waals surface area contributed by atoms with Gasteiger partial charge in [0, 0.05) is 12.1 Å². The van der Waals surface area contributed by atoms with Gasteiger partial charge in [0.15, 0.2) is 11.0 Å². The van der Waals surface area contributed by atoms with Gasteiger partial charge in [0.1, 0.15) is 0 Å². The molecule has 174 valence electrons. The highest BCUT2D eigenvalue weighted by Crippen LogP contribution is 2.35. The molecule has 0 aliphatic carbocycles. The first kappa shape index (κ1) is 24.6. The Morgan fingerprint density at radius 3 is 2.36 bits per heavy atom. The van der Waals surface area contributed by atoms with Gasteiger partial charge < -0.3 is 5.32 Å². The van der Waals surface area contributed by atoms with Crippen LogP contribution in [0.1, 0.15) is 31.9 Å². The lowest BCUT2D eigenvalue weighted by molar-refractivity contribution is -0.137. The quantitative estimate of drug-likeness (QED) is 0.328. The number of nitrogens with one attached hydrogen (secondary N) is 1. The van der Waals surface area contributed by atoms with E-state index in [2.05, 4.69) is 42.9 Å². The number of nitrogens with zero attached hydrogens (tertiary/aromatic N) is 3. The highest BCUT2D eigenvalue weighted by atomic mass is 32.2. The summed E-state index contributed by atoms with van der Waals surface area (Å²) in [4.78, 5) is 12.4. The molecule has 0 radical (unpaired) electrons. The number of allylic oxidation sites excluding steroid dienone is 1. The van der Waals surface area contributed by atoms with Crippen LogP contribution < -0.4 is 5.32 Å². The van der Waals surface area contributed by atoms with Gasteiger partial charge in [-0.3, -0.25) is 9.36 Å². The molecule has 1 amide bonds. The van der Waals surface area contributed by atoms with Crippen LogP contribution in [0.2, 0.25) is 0 Å². The van der Waals surface area contributed by atoms with Crippen molar-refractivity contribution in [2.45, 2.75) is 44.1 Å². The van der Waals surface area contributed by atoms with Crippen LogP contribution in [-0.2, 0) is 22.9 Å². The molecule has 3 rings (SSSR count). The van der Waals surface area contributed by atoms with E-state index >= 15 is 0 Å². The molecule has 0 spiro atoms. The molecule has 33 heavy (non-hydrogen) atoms. The molecule has 2 aromatic carbocycles. The van der Waals surface area contributed by atoms with Crippen LogP contribution in [0.25, 0.3) is 11.4 Å². The Kier molecular flexibility index (Phi) is 7.31. The first-order valence-corrected chi connectivity index (χ1v) is 11.2. The maximum absolute atomic E-state index is 13.2. The number of hydrogen-bond donors (Lipinski definition) is 1. The topological polar surface area (TPSA) is 59.8 Å². The molecule has 9 heteroatoms. The number of aromatic nitrogens is 3. The molecular formula is C24H25F3N4OS. The predicted octanol–water partition coefficient (Wildman–Crippen LogP) is 6.18.